The Morgan fingerprint density at radius 3 is 2.65 bits per heavy atom. The summed E-state index contributed by atoms with van der Waals surface area (Å²) in [7, 11) is 0. The number of anilines is 1. The number of nitrogen functional groups attached to an aromatic ring is 1. The first-order valence-electron chi connectivity index (χ1n) is 9.18. The number of aromatic amines is 1. The third kappa shape index (κ3) is 4.54. The van der Waals surface area contributed by atoms with Crippen LogP contribution in [0.5, 0.6) is 0 Å². The van der Waals surface area contributed by atoms with Gasteiger partial charge in [-0.2, -0.15) is 0 Å². The van der Waals surface area contributed by atoms with Crippen molar-refractivity contribution < 1.29 is 9.72 Å². The van der Waals surface area contributed by atoms with Gasteiger partial charge in [0.05, 0.1) is 21.7 Å². The first-order valence-corrected chi connectivity index (χ1v) is 9.55. The highest BCUT2D eigenvalue weighted by Gasteiger charge is 2.14. The van der Waals surface area contributed by atoms with Crippen LogP contribution in [0, 0.1) is 10.1 Å². The molecule has 0 bridgehead atoms. The van der Waals surface area contributed by atoms with Gasteiger partial charge in [0, 0.05) is 28.4 Å². The summed E-state index contributed by atoms with van der Waals surface area (Å²) in [5, 5.41) is 14.5. The van der Waals surface area contributed by atoms with Gasteiger partial charge in [-0.15, -0.1) is 0 Å². The number of carbonyl (C=O) groups excluding carboxylic acids is 1. The largest absolute Gasteiger partial charge is 0.399 e. The molecule has 0 saturated carbocycles. The van der Waals surface area contributed by atoms with Crippen molar-refractivity contribution in [2.24, 2.45) is 0 Å². The lowest BCUT2D eigenvalue weighted by Crippen LogP contribution is -2.22. The number of amides is 1. The maximum Gasteiger partial charge on any atom is 0.270 e. The third-order valence-electron chi connectivity index (χ3n) is 4.51. The summed E-state index contributed by atoms with van der Waals surface area (Å²) < 4.78 is 0. The molecule has 154 valence electrons. The molecule has 0 saturated heterocycles. The summed E-state index contributed by atoms with van der Waals surface area (Å²) in [5.74, 6) is 0.00253. The van der Waals surface area contributed by atoms with Crippen LogP contribution >= 0.6 is 11.6 Å². The van der Waals surface area contributed by atoms with Crippen molar-refractivity contribution in [3.05, 3.63) is 98.8 Å². The van der Waals surface area contributed by atoms with E-state index in [0.717, 1.165) is 0 Å². The van der Waals surface area contributed by atoms with Crippen LogP contribution in [0.15, 0.2) is 66.7 Å². The van der Waals surface area contributed by atoms with E-state index in [1.54, 1.807) is 60.7 Å². The van der Waals surface area contributed by atoms with Crippen molar-refractivity contribution in [1.82, 2.24) is 15.3 Å². The first kappa shape index (κ1) is 20.1. The highest BCUT2D eigenvalue weighted by Crippen LogP contribution is 2.23. The minimum atomic E-state index is -0.479. The quantitative estimate of drug-likeness (QED) is 0.240. The summed E-state index contributed by atoms with van der Waals surface area (Å²) in [5.41, 5.74) is 8.79. The molecular weight excluding hydrogens is 418 g/mol. The molecular formula is C22H16ClN5O3. The maximum absolute atomic E-state index is 12.8. The second kappa shape index (κ2) is 8.29. The molecule has 0 atom stereocenters. The average molecular weight is 434 g/mol. The number of non-ortho nitro benzene ring substituents is 1. The zero-order chi connectivity index (χ0) is 22.0. The van der Waals surface area contributed by atoms with Gasteiger partial charge in [-0.25, -0.2) is 4.98 Å². The fraction of sp³-hybridized carbons (Fsp3) is 0. The van der Waals surface area contributed by atoms with Crippen molar-refractivity contribution in [2.75, 3.05) is 5.73 Å². The van der Waals surface area contributed by atoms with Gasteiger partial charge in [-0.3, -0.25) is 14.9 Å². The molecule has 4 N–H and O–H groups in total. The van der Waals surface area contributed by atoms with Crippen LogP contribution in [0.2, 0.25) is 5.02 Å². The second-order valence-corrected chi connectivity index (χ2v) is 7.17. The molecule has 8 nitrogen and oxygen atoms in total. The summed E-state index contributed by atoms with van der Waals surface area (Å²) >= 11 is 6.06. The maximum atomic E-state index is 12.8. The highest BCUT2D eigenvalue weighted by molar-refractivity contribution is 6.31. The normalized spacial score (nSPS) is 11.5. The molecule has 31 heavy (non-hydrogen) atoms. The molecule has 1 aromatic heterocycles. The number of imidazole rings is 1. The first-order chi connectivity index (χ1) is 14.9. The van der Waals surface area contributed by atoms with Crippen LogP contribution in [0.25, 0.3) is 22.8 Å². The van der Waals surface area contributed by atoms with Crippen LogP contribution in [0.1, 0.15) is 21.7 Å². The predicted octanol–water partition coefficient (Wildman–Crippen LogP) is 4.63. The van der Waals surface area contributed by atoms with E-state index in [4.69, 9.17) is 17.3 Å². The Hall–Kier alpha value is -4.17. The number of nitrogens with zero attached hydrogens (tertiary/aromatic N) is 2. The number of benzene rings is 3. The number of halogens is 1. The van der Waals surface area contributed by atoms with Gasteiger partial charge in [0.2, 0.25) is 0 Å². The molecule has 4 aromatic rings. The number of nitro groups is 1. The molecule has 0 aliphatic rings. The second-order valence-electron chi connectivity index (χ2n) is 6.73. The zero-order valence-electron chi connectivity index (χ0n) is 16.0. The van der Waals surface area contributed by atoms with E-state index in [-0.39, 0.29) is 11.6 Å². The van der Waals surface area contributed by atoms with Crippen LogP contribution in [-0.4, -0.2) is 20.8 Å². The van der Waals surface area contributed by atoms with Crippen molar-refractivity contribution in [1.29, 1.82) is 0 Å². The predicted molar refractivity (Wildman–Crippen MR) is 120 cm³/mol. The number of nitro benzene ring substituents is 1. The van der Waals surface area contributed by atoms with Crippen LogP contribution in [0.4, 0.5) is 11.4 Å². The standard InChI is InChI=1S/C22H16ClN5O3/c23-15-6-9-18-19(12-15)26-21(25-18)20(11-13-2-1-3-17(10-13)28(30)31)27-22(29)14-4-7-16(24)8-5-14/h1-12H,24H2,(H,25,26)(H,27,29)/b20-11-. The number of nitrogens with two attached hydrogens (primary N) is 1. The van der Waals surface area contributed by atoms with Crippen molar-refractivity contribution >= 4 is 51.7 Å². The zero-order valence-corrected chi connectivity index (χ0v) is 16.8. The number of rotatable bonds is 5. The SMILES string of the molecule is Nc1ccc(C(=O)N/C(=C\c2cccc([N+](=O)[O-])c2)c2nc3ccc(Cl)cc3[nH]2)cc1. The third-order valence-corrected chi connectivity index (χ3v) is 4.75. The monoisotopic (exact) mass is 433 g/mol. The van der Waals surface area contributed by atoms with Gasteiger partial charge < -0.3 is 16.0 Å². The fourth-order valence-electron chi connectivity index (χ4n) is 3.00. The lowest BCUT2D eigenvalue weighted by Gasteiger charge is -2.09. The van der Waals surface area contributed by atoms with Crippen molar-refractivity contribution in [3.63, 3.8) is 0 Å². The summed E-state index contributed by atoms with van der Waals surface area (Å²) in [6, 6.07) is 17.7. The Balaban J connectivity index is 1.77. The summed E-state index contributed by atoms with van der Waals surface area (Å²) in [6.07, 6.45) is 1.61. The minimum Gasteiger partial charge on any atom is -0.399 e. The van der Waals surface area contributed by atoms with Gasteiger partial charge in [0.1, 0.15) is 0 Å². The molecule has 4 rings (SSSR count). The van der Waals surface area contributed by atoms with Gasteiger partial charge in [-0.05, 0) is 54.1 Å². The molecule has 9 heteroatoms. The topological polar surface area (TPSA) is 127 Å². The number of nitrogens with one attached hydrogen (secondary N) is 2. The number of aromatic nitrogens is 2. The summed E-state index contributed by atoms with van der Waals surface area (Å²) in [4.78, 5) is 31.1. The Morgan fingerprint density at radius 1 is 1.13 bits per heavy atom. The van der Waals surface area contributed by atoms with E-state index in [2.05, 4.69) is 15.3 Å². The van der Waals surface area contributed by atoms with Crippen LogP contribution in [0.3, 0.4) is 0 Å². The van der Waals surface area contributed by atoms with Crippen LogP contribution in [-0.2, 0) is 0 Å². The van der Waals surface area contributed by atoms with Crippen molar-refractivity contribution in [3.8, 4) is 0 Å². The van der Waals surface area contributed by atoms with Crippen molar-refractivity contribution in [2.45, 2.75) is 0 Å². The Kier molecular flexibility index (Phi) is 5.38. The van der Waals surface area contributed by atoms with Crippen LogP contribution < -0.4 is 11.1 Å². The van der Waals surface area contributed by atoms with E-state index in [9.17, 15) is 14.9 Å². The Morgan fingerprint density at radius 2 is 1.90 bits per heavy atom. The molecule has 0 radical (unpaired) electrons. The van der Waals surface area contributed by atoms with E-state index in [1.807, 2.05) is 0 Å². The molecule has 1 heterocycles. The van der Waals surface area contributed by atoms with Gasteiger partial charge >= 0.3 is 0 Å². The Labute approximate surface area is 181 Å². The lowest BCUT2D eigenvalue weighted by atomic mass is 10.1. The van der Waals surface area contributed by atoms with Gasteiger partial charge in [-0.1, -0.05) is 23.7 Å². The van der Waals surface area contributed by atoms with E-state index >= 15 is 0 Å². The van der Waals surface area contributed by atoms with E-state index in [1.165, 1.54) is 12.1 Å². The van der Waals surface area contributed by atoms with Gasteiger partial charge in [0.25, 0.3) is 11.6 Å². The smallest absolute Gasteiger partial charge is 0.270 e. The lowest BCUT2D eigenvalue weighted by molar-refractivity contribution is -0.384. The summed E-state index contributed by atoms with van der Waals surface area (Å²) in [6.45, 7) is 0. The molecule has 3 aromatic carbocycles. The molecule has 0 unspecified atom stereocenters. The molecule has 0 aliphatic heterocycles. The molecule has 0 fully saturated rings. The fourth-order valence-corrected chi connectivity index (χ4v) is 3.17. The van der Waals surface area contributed by atoms with E-state index in [0.29, 0.717) is 44.4 Å². The molecule has 0 spiro atoms. The van der Waals surface area contributed by atoms with E-state index < -0.39 is 4.92 Å². The van der Waals surface area contributed by atoms with Gasteiger partial charge in [0.15, 0.2) is 5.82 Å². The highest BCUT2D eigenvalue weighted by atomic mass is 35.5. The number of H-pyrrole nitrogens is 1. The number of carbonyl (C=O) groups is 1. The number of fused-ring (bicyclic) bond motifs is 1. The molecule has 0 aliphatic carbocycles. The molecule has 1 amide bonds. The number of hydrogen-bond donors (Lipinski definition) is 3. The minimum absolute atomic E-state index is 0.0608. The number of hydrogen-bond acceptors (Lipinski definition) is 5. The average Bonchev–Trinajstić information content (AvgIpc) is 3.17. The Bertz CT molecular complexity index is 1330.